The third-order valence-corrected chi connectivity index (χ3v) is 4.19. The second-order valence-corrected chi connectivity index (χ2v) is 5.74. The molecule has 0 radical (unpaired) electrons. The zero-order valence-corrected chi connectivity index (χ0v) is 13.3. The highest BCUT2D eigenvalue weighted by Gasteiger charge is 2.32. The Balaban J connectivity index is 1.73. The maximum absolute atomic E-state index is 12.4. The number of rotatable bonds is 3. The quantitative estimate of drug-likeness (QED) is 0.305. The normalized spacial score (nSPS) is 13.0. The number of carbonyl (C=O) groups is 2. The van der Waals surface area contributed by atoms with Gasteiger partial charge in [0.1, 0.15) is 11.5 Å². The molecule has 6 nitrogen and oxygen atoms in total. The van der Waals surface area contributed by atoms with Crippen LogP contribution in [0.1, 0.15) is 26.5 Å². The van der Waals surface area contributed by atoms with Crippen molar-refractivity contribution in [2.45, 2.75) is 0 Å². The van der Waals surface area contributed by atoms with Gasteiger partial charge in [-0.1, -0.05) is 36.4 Å². The van der Waals surface area contributed by atoms with Crippen molar-refractivity contribution in [3.8, 4) is 11.3 Å². The number of nitro benzene ring substituents is 1. The number of hydrogen-bond donors (Lipinski definition) is 0. The van der Waals surface area contributed by atoms with Crippen LogP contribution in [0, 0.1) is 10.1 Å². The molecule has 126 valence electrons. The fourth-order valence-corrected chi connectivity index (χ4v) is 2.96. The highest BCUT2D eigenvalue weighted by atomic mass is 16.6. The molecule has 6 heteroatoms. The van der Waals surface area contributed by atoms with Crippen molar-refractivity contribution in [3.63, 3.8) is 0 Å². The van der Waals surface area contributed by atoms with Crippen LogP contribution in [0.4, 0.5) is 5.69 Å². The van der Waals surface area contributed by atoms with E-state index in [0.717, 1.165) is 0 Å². The highest BCUT2D eigenvalue weighted by molar-refractivity contribution is 6.41. The molecule has 1 aromatic heterocycles. The summed E-state index contributed by atoms with van der Waals surface area (Å²) in [4.78, 5) is 35.5. The van der Waals surface area contributed by atoms with Gasteiger partial charge in [0.2, 0.25) is 0 Å². The molecule has 0 spiro atoms. The predicted octanol–water partition coefficient (Wildman–Crippen LogP) is 4.32. The average molecular weight is 345 g/mol. The van der Waals surface area contributed by atoms with Gasteiger partial charge < -0.3 is 4.42 Å². The molecule has 2 aromatic carbocycles. The van der Waals surface area contributed by atoms with E-state index in [9.17, 15) is 19.7 Å². The molecule has 0 atom stereocenters. The maximum atomic E-state index is 12.4. The fraction of sp³-hybridized carbons (Fsp3) is 0. The largest absolute Gasteiger partial charge is 0.456 e. The summed E-state index contributed by atoms with van der Waals surface area (Å²) in [6.07, 6.45) is 1.38. The minimum atomic E-state index is -0.489. The average Bonchev–Trinajstić information content (AvgIpc) is 3.21. The van der Waals surface area contributed by atoms with E-state index in [2.05, 4.69) is 0 Å². The van der Waals surface area contributed by atoms with Gasteiger partial charge in [0.15, 0.2) is 11.6 Å². The molecule has 0 saturated carbocycles. The van der Waals surface area contributed by atoms with Crippen LogP contribution in [0.2, 0.25) is 0 Å². The summed E-state index contributed by atoms with van der Waals surface area (Å²) >= 11 is 0. The number of carbonyl (C=O) groups excluding carboxylic acids is 2. The number of benzene rings is 2. The van der Waals surface area contributed by atoms with Gasteiger partial charge in [0.05, 0.1) is 16.1 Å². The number of furan rings is 1. The van der Waals surface area contributed by atoms with E-state index < -0.39 is 4.92 Å². The smallest absolute Gasteiger partial charge is 0.280 e. The molecule has 0 fully saturated rings. The lowest BCUT2D eigenvalue weighted by Gasteiger charge is -1.98. The zero-order valence-electron chi connectivity index (χ0n) is 13.3. The Morgan fingerprint density at radius 2 is 1.38 bits per heavy atom. The summed E-state index contributed by atoms with van der Waals surface area (Å²) < 4.78 is 5.63. The van der Waals surface area contributed by atoms with E-state index in [1.54, 1.807) is 54.6 Å². The number of ketones is 2. The van der Waals surface area contributed by atoms with E-state index in [1.807, 2.05) is 0 Å². The molecular weight excluding hydrogens is 334 g/mol. The summed E-state index contributed by atoms with van der Waals surface area (Å²) in [6.45, 7) is 0. The summed E-state index contributed by atoms with van der Waals surface area (Å²) in [7, 11) is 0. The van der Waals surface area contributed by atoms with Crippen LogP contribution in [-0.2, 0) is 0 Å². The van der Waals surface area contributed by atoms with Gasteiger partial charge in [-0.15, -0.1) is 0 Å². The summed E-state index contributed by atoms with van der Waals surface area (Å²) in [5.41, 5.74) is 1.01. The molecule has 1 aliphatic carbocycles. The fourth-order valence-electron chi connectivity index (χ4n) is 2.96. The van der Waals surface area contributed by atoms with Crippen molar-refractivity contribution in [3.05, 3.63) is 93.2 Å². The second-order valence-electron chi connectivity index (χ2n) is 5.74. The lowest BCUT2D eigenvalue weighted by atomic mass is 10.1. The minimum absolute atomic E-state index is 0.0228. The Morgan fingerprint density at radius 1 is 0.808 bits per heavy atom. The van der Waals surface area contributed by atoms with Crippen LogP contribution in [0.25, 0.3) is 17.4 Å². The van der Waals surface area contributed by atoms with E-state index in [-0.39, 0.29) is 28.6 Å². The van der Waals surface area contributed by atoms with E-state index in [1.165, 1.54) is 12.1 Å². The third kappa shape index (κ3) is 2.44. The zero-order chi connectivity index (χ0) is 18.3. The number of hydrogen-bond acceptors (Lipinski definition) is 5. The molecule has 0 bridgehead atoms. The van der Waals surface area contributed by atoms with Crippen molar-refractivity contribution >= 4 is 23.3 Å². The SMILES string of the molecule is O=C1C(=Cc2ccc(-c3ccccc3[N+](=O)[O-])o2)C(=O)c2ccccc21. The first-order valence-electron chi connectivity index (χ1n) is 7.80. The maximum Gasteiger partial charge on any atom is 0.280 e. The molecule has 0 amide bonds. The number of nitrogens with zero attached hydrogens (tertiary/aromatic N) is 1. The standard InChI is InChI=1S/C20H11NO5/c22-19-13-5-1-2-6-14(13)20(23)16(19)11-12-9-10-18(26-12)15-7-3-4-8-17(15)21(24)25/h1-11H. The monoisotopic (exact) mass is 345 g/mol. The number of Topliss-reactive ketones (excluding diaryl/α,β-unsaturated/α-hetero) is 2. The van der Waals surface area contributed by atoms with E-state index in [0.29, 0.717) is 22.5 Å². The van der Waals surface area contributed by atoms with Crippen molar-refractivity contribution in [2.24, 2.45) is 0 Å². The molecule has 0 saturated heterocycles. The molecule has 1 heterocycles. The van der Waals surface area contributed by atoms with Gasteiger partial charge in [0.25, 0.3) is 5.69 Å². The summed E-state index contributed by atoms with van der Waals surface area (Å²) in [5, 5.41) is 11.2. The molecule has 1 aliphatic rings. The van der Waals surface area contributed by atoms with Crippen molar-refractivity contribution in [1.29, 1.82) is 0 Å². The molecule has 0 N–H and O–H groups in total. The minimum Gasteiger partial charge on any atom is -0.456 e. The van der Waals surface area contributed by atoms with Crippen molar-refractivity contribution < 1.29 is 18.9 Å². The highest BCUT2D eigenvalue weighted by Crippen LogP contribution is 2.33. The topological polar surface area (TPSA) is 90.4 Å². The Hall–Kier alpha value is -3.80. The molecule has 26 heavy (non-hydrogen) atoms. The Kier molecular flexibility index (Phi) is 3.58. The Morgan fingerprint density at radius 3 is 2.00 bits per heavy atom. The molecule has 4 rings (SSSR count). The van der Waals surface area contributed by atoms with Gasteiger partial charge >= 0.3 is 0 Å². The van der Waals surface area contributed by atoms with E-state index in [4.69, 9.17) is 4.42 Å². The van der Waals surface area contributed by atoms with Crippen LogP contribution >= 0.6 is 0 Å². The molecule has 3 aromatic rings. The van der Waals surface area contributed by atoms with Gasteiger partial charge in [-0.25, -0.2) is 0 Å². The van der Waals surface area contributed by atoms with Gasteiger partial charge in [0, 0.05) is 17.2 Å². The first-order chi connectivity index (χ1) is 12.6. The van der Waals surface area contributed by atoms with Gasteiger partial charge in [-0.2, -0.15) is 0 Å². The lowest BCUT2D eigenvalue weighted by molar-refractivity contribution is -0.384. The third-order valence-electron chi connectivity index (χ3n) is 4.19. The predicted molar refractivity (Wildman–Crippen MR) is 93.9 cm³/mol. The number of fused-ring (bicyclic) bond motifs is 1. The Labute approximate surface area is 147 Å². The van der Waals surface area contributed by atoms with Crippen LogP contribution in [0.5, 0.6) is 0 Å². The van der Waals surface area contributed by atoms with Gasteiger partial charge in [-0.05, 0) is 24.3 Å². The molecular formula is C20H11NO5. The Bertz CT molecular complexity index is 1070. The second kappa shape index (κ2) is 5.93. The lowest BCUT2D eigenvalue weighted by Crippen LogP contribution is -1.99. The number of para-hydroxylation sites is 1. The first kappa shape index (κ1) is 15.7. The van der Waals surface area contributed by atoms with Crippen LogP contribution in [0.3, 0.4) is 0 Å². The van der Waals surface area contributed by atoms with Crippen molar-refractivity contribution in [2.75, 3.05) is 0 Å². The van der Waals surface area contributed by atoms with Crippen LogP contribution in [-0.4, -0.2) is 16.5 Å². The summed E-state index contributed by atoms with van der Waals surface area (Å²) in [5.74, 6) is -0.134. The van der Waals surface area contributed by atoms with Crippen LogP contribution < -0.4 is 0 Å². The van der Waals surface area contributed by atoms with Gasteiger partial charge in [-0.3, -0.25) is 19.7 Å². The van der Waals surface area contributed by atoms with E-state index >= 15 is 0 Å². The number of allylic oxidation sites excluding steroid dienone is 1. The summed E-state index contributed by atoms with van der Waals surface area (Å²) in [6, 6.07) is 16.0. The molecule has 0 unspecified atom stereocenters. The molecule has 0 aliphatic heterocycles. The van der Waals surface area contributed by atoms with Crippen LogP contribution in [0.15, 0.2) is 70.7 Å². The number of nitro groups is 1. The van der Waals surface area contributed by atoms with Crippen molar-refractivity contribution in [1.82, 2.24) is 0 Å². The first-order valence-corrected chi connectivity index (χ1v) is 7.80.